The Morgan fingerprint density at radius 2 is 1.47 bits per heavy atom. The van der Waals surface area contributed by atoms with E-state index in [0.29, 0.717) is 11.4 Å². The van der Waals surface area contributed by atoms with Gasteiger partial charge in [-0.25, -0.2) is 0 Å². The van der Waals surface area contributed by atoms with Crippen molar-refractivity contribution in [3.05, 3.63) is 24.3 Å². The predicted octanol–water partition coefficient (Wildman–Crippen LogP) is 2.67. The van der Waals surface area contributed by atoms with Crippen LogP contribution in [-0.4, -0.2) is 13.2 Å². The molecule has 0 fully saturated rings. The fraction of sp³-hybridized carbons (Fsp3) is 0.500. The SMILES string of the molecule is CCCOCCC.Nc1cccc(N)c1. The van der Waals surface area contributed by atoms with Crippen LogP contribution in [0.1, 0.15) is 26.7 Å². The average molecular weight is 210 g/mol. The highest BCUT2D eigenvalue weighted by molar-refractivity contribution is 5.50. The molecular weight excluding hydrogens is 188 g/mol. The molecule has 4 N–H and O–H groups in total. The van der Waals surface area contributed by atoms with Crippen LogP contribution in [0.15, 0.2) is 24.3 Å². The van der Waals surface area contributed by atoms with Crippen molar-refractivity contribution in [2.75, 3.05) is 24.7 Å². The van der Waals surface area contributed by atoms with E-state index >= 15 is 0 Å². The van der Waals surface area contributed by atoms with Crippen LogP contribution in [0.5, 0.6) is 0 Å². The van der Waals surface area contributed by atoms with Gasteiger partial charge >= 0.3 is 0 Å². The zero-order valence-corrected chi connectivity index (χ0v) is 9.70. The normalized spacial score (nSPS) is 9.20. The number of anilines is 2. The summed E-state index contributed by atoms with van der Waals surface area (Å²) >= 11 is 0. The molecule has 1 aromatic rings. The van der Waals surface area contributed by atoms with Crippen LogP contribution in [0.3, 0.4) is 0 Å². The second-order valence-corrected chi connectivity index (χ2v) is 3.28. The molecule has 1 rings (SSSR count). The van der Waals surface area contributed by atoms with E-state index in [1.54, 1.807) is 18.2 Å². The van der Waals surface area contributed by atoms with Crippen LogP contribution in [-0.2, 0) is 4.74 Å². The van der Waals surface area contributed by atoms with Gasteiger partial charge in [-0.1, -0.05) is 19.9 Å². The molecule has 0 saturated heterocycles. The monoisotopic (exact) mass is 210 g/mol. The summed E-state index contributed by atoms with van der Waals surface area (Å²) in [6, 6.07) is 7.15. The summed E-state index contributed by atoms with van der Waals surface area (Å²) in [5.74, 6) is 0. The van der Waals surface area contributed by atoms with Crippen molar-refractivity contribution in [3.8, 4) is 0 Å². The summed E-state index contributed by atoms with van der Waals surface area (Å²) in [6.07, 6.45) is 2.28. The second kappa shape index (κ2) is 9.34. The van der Waals surface area contributed by atoms with E-state index in [4.69, 9.17) is 16.2 Å². The molecule has 0 unspecified atom stereocenters. The first-order valence-corrected chi connectivity index (χ1v) is 5.39. The number of rotatable bonds is 4. The lowest BCUT2D eigenvalue weighted by Crippen LogP contribution is -1.92. The highest BCUT2D eigenvalue weighted by Crippen LogP contribution is 2.06. The maximum absolute atomic E-state index is 5.38. The zero-order chi connectivity index (χ0) is 11.5. The summed E-state index contributed by atoms with van der Waals surface area (Å²) in [5, 5.41) is 0. The van der Waals surface area contributed by atoms with E-state index in [1.807, 2.05) is 6.07 Å². The highest BCUT2D eigenvalue weighted by Gasteiger charge is 1.81. The smallest absolute Gasteiger partial charge is 0.0463 e. The second-order valence-electron chi connectivity index (χ2n) is 3.28. The van der Waals surface area contributed by atoms with E-state index in [9.17, 15) is 0 Å². The van der Waals surface area contributed by atoms with Gasteiger partial charge in [0.15, 0.2) is 0 Å². The lowest BCUT2D eigenvalue weighted by atomic mass is 10.3. The van der Waals surface area contributed by atoms with E-state index in [-0.39, 0.29) is 0 Å². The molecule has 0 aliphatic carbocycles. The Morgan fingerprint density at radius 3 is 1.73 bits per heavy atom. The molecule has 0 atom stereocenters. The Hall–Kier alpha value is -1.22. The summed E-state index contributed by atoms with van der Waals surface area (Å²) in [4.78, 5) is 0. The Kier molecular flexibility index (Phi) is 8.58. The third-order valence-electron chi connectivity index (χ3n) is 1.61. The molecule has 0 amide bonds. The summed E-state index contributed by atoms with van der Waals surface area (Å²) in [7, 11) is 0. The topological polar surface area (TPSA) is 61.3 Å². The molecular formula is C12H22N2O. The maximum atomic E-state index is 5.38. The van der Waals surface area contributed by atoms with Crippen LogP contribution in [0.25, 0.3) is 0 Å². The maximum Gasteiger partial charge on any atom is 0.0463 e. The van der Waals surface area contributed by atoms with Crippen molar-refractivity contribution in [2.45, 2.75) is 26.7 Å². The Bertz CT molecular complexity index is 230. The third kappa shape index (κ3) is 9.09. The number of nitrogen functional groups attached to an aromatic ring is 2. The van der Waals surface area contributed by atoms with Gasteiger partial charge in [-0.05, 0) is 31.0 Å². The molecule has 0 bridgehead atoms. The van der Waals surface area contributed by atoms with Crippen molar-refractivity contribution in [1.82, 2.24) is 0 Å². The number of nitrogens with two attached hydrogens (primary N) is 2. The quantitative estimate of drug-likeness (QED) is 0.593. The fourth-order valence-corrected chi connectivity index (χ4v) is 0.950. The fourth-order valence-electron chi connectivity index (χ4n) is 0.950. The van der Waals surface area contributed by atoms with Crippen molar-refractivity contribution in [2.24, 2.45) is 0 Å². The third-order valence-corrected chi connectivity index (χ3v) is 1.61. The molecule has 0 aromatic heterocycles. The number of hydrogen-bond acceptors (Lipinski definition) is 3. The average Bonchev–Trinajstić information content (AvgIpc) is 2.19. The van der Waals surface area contributed by atoms with Crippen LogP contribution >= 0.6 is 0 Å². The first-order valence-electron chi connectivity index (χ1n) is 5.39. The van der Waals surface area contributed by atoms with Crippen LogP contribution < -0.4 is 11.5 Å². The van der Waals surface area contributed by atoms with Gasteiger partial charge in [-0.3, -0.25) is 0 Å². The van der Waals surface area contributed by atoms with Crippen LogP contribution in [0.2, 0.25) is 0 Å². The molecule has 0 heterocycles. The minimum Gasteiger partial charge on any atom is -0.399 e. The van der Waals surface area contributed by atoms with Crippen LogP contribution in [0.4, 0.5) is 11.4 Å². The van der Waals surface area contributed by atoms with Crippen molar-refractivity contribution < 1.29 is 4.74 Å². The first-order chi connectivity index (χ1) is 7.20. The van der Waals surface area contributed by atoms with Gasteiger partial charge in [0.2, 0.25) is 0 Å². The van der Waals surface area contributed by atoms with Gasteiger partial charge in [0.05, 0.1) is 0 Å². The van der Waals surface area contributed by atoms with Gasteiger partial charge in [-0.15, -0.1) is 0 Å². The first kappa shape index (κ1) is 13.8. The van der Waals surface area contributed by atoms with Crippen molar-refractivity contribution in [3.63, 3.8) is 0 Å². The van der Waals surface area contributed by atoms with Gasteiger partial charge in [0.1, 0.15) is 0 Å². The summed E-state index contributed by atoms with van der Waals surface area (Å²) in [5.41, 5.74) is 12.2. The standard InChI is InChI=1S/C6H8N2.C6H14O/c7-5-2-1-3-6(8)4-5;1-3-5-7-6-4-2/h1-4H,7-8H2;3-6H2,1-2H3. The summed E-state index contributed by atoms with van der Waals surface area (Å²) in [6.45, 7) is 6.09. The minimum atomic E-state index is 0.713. The Balaban J connectivity index is 0.000000265. The lowest BCUT2D eigenvalue weighted by Gasteiger charge is -1.95. The van der Waals surface area contributed by atoms with Gasteiger partial charge in [0.25, 0.3) is 0 Å². The van der Waals surface area contributed by atoms with E-state index in [1.165, 1.54) is 0 Å². The van der Waals surface area contributed by atoms with Gasteiger partial charge in [0, 0.05) is 24.6 Å². The predicted molar refractivity (Wildman–Crippen MR) is 66.7 cm³/mol. The van der Waals surface area contributed by atoms with Crippen molar-refractivity contribution >= 4 is 11.4 Å². The minimum absolute atomic E-state index is 0.713. The van der Waals surface area contributed by atoms with Gasteiger partial charge < -0.3 is 16.2 Å². The molecule has 3 nitrogen and oxygen atoms in total. The molecule has 15 heavy (non-hydrogen) atoms. The number of benzene rings is 1. The van der Waals surface area contributed by atoms with E-state index < -0.39 is 0 Å². The summed E-state index contributed by atoms with van der Waals surface area (Å²) < 4.78 is 5.13. The number of hydrogen-bond donors (Lipinski definition) is 2. The lowest BCUT2D eigenvalue weighted by molar-refractivity contribution is 0.135. The molecule has 0 aliphatic heterocycles. The zero-order valence-electron chi connectivity index (χ0n) is 9.70. The molecule has 1 aromatic carbocycles. The Morgan fingerprint density at radius 1 is 1.00 bits per heavy atom. The highest BCUT2D eigenvalue weighted by atomic mass is 16.5. The van der Waals surface area contributed by atoms with Crippen molar-refractivity contribution in [1.29, 1.82) is 0 Å². The van der Waals surface area contributed by atoms with Gasteiger partial charge in [-0.2, -0.15) is 0 Å². The van der Waals surface area contributed by atoms with Crippen LogP contribution in [0, 0.1) is 0 Å². The molecule has 0 saturated carbocycles. The Labute approximate surface area is 92.4 Å². The molecule has 0 aliphatic rings. The molecule has 86 valence electrons. The molecule has 3 heteroatoms. The molecule has 0 spiro atoms. The van der Waals surface area contributed by atoms with E-state index in [0.717, 1.165) is 26.1 Å². The largest absolute Gasteiger partial charge is 0.399 e. The molecule has 0 radical (unpaired) electrons. The number of ether oxygens (including phenoxy) is 1. The van der Waals surface area contributed by atoms with E-state index in [2.05, 4.69) is 13.8 Å².